The van der Waals surface area contributed by atoms with Crippen molar-refractivity contribution in [1.29, 1.82) is 0 Å². The van der Waals surface area contributed by atoms with Gasteiger partial charge < -0.3 is 15.0 Å². The number of hydrogen-bond donors (Lipinski definition) is 1. The number of anilines is 1. The first kappa shape index (κ1) is 19.4. The van der Waals surface area contributed by atoms with Crippen molar-refractivity contribution in [3.63, 3.8) is 0 Å². The lowest BCUT2D eigenvalue weighted by Gasteiger charge is -2.26. The van der Waals surface area contributed by atoms with Crippen molar-refractivity contribution in [2.75, 3.05) is 31.6 Å². The molecular weight excluding hydrogens is 399 g/mol. The van der Waals surface area contributed by atoms with Crippen LogP contribution in [0.1, 0.15) is 10.5 Å². The summed E-state index contributed by atoms with van der Waals surface area (Å²) in [5.41, 5.74) is 1.36. The van der Waals surface area contributed by atoms with E-state index >= 15 is 0 Å². The van der Waals surface area contributed by atoms with Gasteiger partial charge in [0.1, 0.15) is 12.4 Å². The Morgan fingerprint density at radius 2 is 1.93 bits per heavy atom. The highest BCUT2D eigenvalue weighted by atomic mass is 35.5. The van der Waals surface area contributed by atoms with E-state index in [0.29, 0.717) is 48.6 Å². The molecule has 7 nitrogen and oxygen atoms in total. The van der Waals surface area contributed by atoms with Crippen molar-refractivity contribution < 1.29 is 18.7 Å². The highest BCUT2D eigenvalue weighted by molar-refractivity contribution is 6.31. The van der Waals surface area contributed by atoms with Crippen molar-refractivity contribution in [3.05, 3.63) is 59.0 Å². The number of aromatic nitrogens is 2. The second kappa shape index (κ2) is 8.18. The van der Waals surface area contributed by atoms with Crippen LogP contribution in [0.5, 0.6) is 0 Å². The van der Waals surface area contributed by atoms with E-state index in [9.17, 15) is 14.0 Å². The minimum Gasteiger partial charge on any atom is -0.378 e. The van der Waals surface area contributed by atoms with Crippen LogP contribution in [0.4, 0.5) is 10.1 Å². The molecule has 0 radical (unpaired) electrons. The van der Waals surface area contributed by atoms with Crippen LogP contribution < -0.4 is 5.32 Å². The Balaban J connectivity index is 1.58. The summed E-state index contributed by atoms with van der Waals surface area (Å²) in [6.45, 7) is 1.89. The molecule has 1 saturated heterocycles. The van der Waals surface area contributed by atoms with E-state index in [0.717, 1.165) is 0 Å². The molecular formula is C20H18ClFN4O3. The third-order valence-electron chi connectivity index (χ3n) is 4.66. The number of amides is 2. The van der Waals surface area contributed by atoms with Gasteiger partial charge in [0.05, 0.1) is 23.8 Å². The number of carbonyl (C=O) groups is 2. The van der Waals surface area contributed by atoms with Gasteiger partial charge in [0, 0.05) is 24.2 Å². The minimum atomic E-state index is -0.561. The average Bonchev–Trinajstić information content (AvgIpc) is 3.09. The smallest absolute Gasteiger partial charge is 0.275 e. The predicted molar refractivity (Wildman–Crippen MR) is 106 cm³/mol. The van der Waals surface area contributed by atoms with Gasteiger partial charge in [0.15, 0.2) is 5.69 Å². The second-order valence-corrected chi connectivity index (χ2v) is 7.01. The van der Waals surface area contributed by atoms with Gasteiger partial charge in [0.25, 0.3) is 5.91 Å². The Labute approximate surface area is 171 Å². The zero-order valence-electron chi connectivity index (χ0n) is 15.4. The Hall–Kier alpha value is -2.97. The number of carbonyl (C=O) groups excluding carboxylic acids is 2. The number of ether oxygens (including phenoxy) is 1. The molecule has 2 amide bonds. The lowest BCUT2D eigenvalue weighted by molar-refractivity contribution is -0.116. The Morgan fingerprint density at radius 1 is 1.17 bits per heavy atom. The van der Waals surface area contributed by atoms with Gasteiger partial charge in [-0.1, -0.05) is 29.8 Å². The number of morpholine rings is 1. The van der Waals surface area contributed by atoms with Crippen molar-refractivity contribution in [3.8, 4) is 0 Å². The van der Waals surface area contributed by atoms with E-state index in [1.807, 2.05) is 18.2 Å². The first-order chi connectivity index (χ1) is 14.0. The molecule has 1 N–H and O–H groups in total. The number of rotatable bonds is 4. The summed E-state index contributed by atoms with van der Waals surface area (Å²) in [5.74, 6) is -1.12. The third kappa shape index (κ3) is 4.08. The van der Waals surface area contributed by atoms with Crippen molar-refractivity contribution in [1.82, 2.24) is 14.7 Å². The quantitative estimate of drug-likeness (QED) is 0.709. The van der Waals surface area contributed by atoms with Gasteiger partial charge >= 0.3 is 0 Å². The standard InChI is InChI=1S/C20H18ClFN4O3/c21-15-11-13(5-6-16(15)22)23-18(27)12-26-17-4-2-1-3-14(17)19(24-26)20(28)25-7-9-29-10-8-25/h1-6,11H,7-10,12H2,(H,23,27). The van der Waals surface area contributed by atoms with E-state index in [1.54, 1.807) is 11.0 Å². The molecule has 0 aliphatic carbocycles. The maximum atomic E-state index is 13.3. The first-order valence-corrected chi connectivity index (χ1v) is 9.48. The fourth-order valence-corrected chi connectivity index (χ4v) is 3.41. The molecule has 0 saturated carbocycles. The summed E-state index contributed by atoms with van der Waals surface area (Å²) < 4.78 is 20.1. The fourth-order valence-electron chi connectivity index (χ4n) is 3.23. The molecule has 2 aromatic carbocycles. The molecule has 0 unspecified atom stereocenters. The summed E-state index contributed by atoms with van der Waals surface area (Å²) >= 11 is 5.75. The molecule has 1 aromatic heterocycles. The third-order valence-corrected chi connectivity index (χ3v) is 4.95. The molecule has 0 spiro atoms. The molecule has 2 heterocycles. The minimum absolute atomic E-state index is 0.0780. The molecule has 9 heteroatoms. The van der Waals surface area contributed by atoms with Crippen LogP contribution in [0, 0.1) is 5.82 Å². The van der Waals surface area contributed by atoms with Gasteiger partial charge in [-0.2, -0.15) is 5.10 Å². The van der Waals surface area contributed by atoms with E-state index in [2.05, 4.69) is 10.4 Å². The molecule has 0 bridgehead atoms. The van der Waals surface area contributed by atoms with Gasteiger partial charge in [-0.3, -0.25) is 14.3 Å². The molecule has 1 aliphatic rings. The number of benzene rings is 2. The molecule has 0 atom stereocenters. The molecule has 3 aromatic rings. The molecule has 150 valence electrons. The Bertz CT molecular complexity index is 1080. The summed E-state index contributed by atoms with van der Waals surface area (Å²) in [5, 5.41) is 7.68. The second-order valence-electron chi connectivity index (χ2n) is 6.61. The fraction of sp³-hybridized carbons (Fsp3) is 0.250. The van der Waals surface area contributed by atoms with Crippen LogP contribution in [-0.4, -0.2) is 52.8 Å². The Morgan fingerprint density at radius 3 is 2.69 bits per heavy atom. The molecule has 1 fully saturated rings. The first-order valence-electron chi connectivity index (χ1n) is 9.10. The molecule has 1 aliphatic heterocycles. The molecule has 29 heavy (non-hydrogen) atoms. The van der Waals surface area contributed by atoms with Crippen LogP contribution in [0.2, 0.25) is 5.02 Å². The number of nitrogens with zero attached hydrogens (tertiary/aromatic N) is 3. The van der Waals surface area contributed by atoms with Crippen LogP contribution >= 0.6 is 11.6 Å². The maximum Gasteiger partial charge on any atom is 0.275 e. The largest absolute Gasteiger partial charge is 0.378 e. The number of fused-ring (bicyclic) bond motifs is 1. The topological polar surface area (TPSA) is 76.5 Å². The monoisotopic (exact) mass is 416 g/mol. The molecule has 4 rings (SSSR count). The highest BCUT2D eigenvalue weighted by Crippen LogP contribution is 2.22. The number of para-hydroxylation sites is 1. The van der Waals surface area contributed by atoms with Crippen molar-refractivity contribution >= 4 is 40.0 Å². The summed E-state index contributed by atoms with van der Waals surface area (Å²) in [7, 11) is 0. The van der Waals surface area contributed by atoms with Crippen LogP contribution in [0.15, 0.2) is 42.5 Å². The summed E-state index contributed by atoms with van der Waals surface area (Å²) in [6.07, 6.45) is 0. The summed E-state index contributed by atoms with van der Waals surface area (Å²) in [4.78, 5) is 27.1. The van der Waals surface area contributed by atoms with Gasteiger partial charge in [-0.25, -0.2) is 4.39 Å². The van der Waals surface area contributed by atoms with Crippen molar-refractivity contribution in [2.24, 2.45) is 0 Å². The predicted octanol–water partition coefficient (Wildman–Crippen LogP) is 2.94. The number of hydrogen-bond acceptors (Lipinski definition) is 4. The SMILES string of the molecule is O=C(Cn1nc(C(=O)N2CCOCC2)c2ccccc21)Nc1ccc(F)c(Cl)c1. The van der Waals surface area contributed by atoms with E-state index in [4.69, 9.17) is 16.3 Å². The van der Waals surface area contributed by atoms with Gasteiger partial charge in [0.2, 0.25) is 5.91 Å². The highest BCUT2D eigenvalue weighted by Gasteiger charge is 2.24. The van der Waals surface area contributed by atoms with Crippen molar-refractivity contribution in [2.45, 2.75) is 6.54 Å². The van der Waals surface area contributed by atoms with Gasteiger partial charge in [-0.15, -0.1) is 0 Å². The number of halogens is 2. The van der Waals surface area contributed by atoms with E-state index < -0.39 is 5.82 Å². The van der Waals surface area contributed by atoms with Crippen LogP contribution in [-0.2, 0) is 16.1 Å². The summed E-state index contributed by atoms with van der Waals surface area (Å²) in [6, 6.07) is 11.2. The van der Waals surface area contributed by atoms with Crippen LogP contribution in [0.3, 0.4) is 0 Å². The zero-order valence-corrected chi connectivity index (χ0v) is 16.2. The average molecular weight is 417 g/mol. The lowest BCUT2D eigenvalue weighted by atomic mass is 10.2. The van der Waals surface area contributed by atoms with Crippen LogP contribution in [0.25, 0.3) is 10.9 Å². The number of nitrogens with one attached hydrogen (secondary N) is 1. The maximum absolute atomic E-state index is 13.3. The zero-order chi connectivity index (χ0) is 20.4. The van der Waals surface area contributed by atoms with E-state index in [1.165, 1.54) is 22.9 Å². The Kier molecular flexibility index (Phi) is 5.46. The lowest BCUT2D eigenvalue weighted by Crippen LogP contribution is -2.41. The van der Waals surface area contributed by atoms with E-state index in [-0.39, 0.29) is 23.4 Å². The normalized spacial score (nSPS) is 14.2. The van der Waals surface area contributed by atoms with Gasteiger partial charge in [-0.05, 0) is 24.3 Å².